The number of carbonyl (C=O) groups excluding carboxylic acids is 1. The Bertz CT molecular complexity index is 453. The van der Waals surface area contributed by atoms with E-state index in [9.17, 15) is 4.79 Å². The fraction of sp³-hybridized carbons (Fsp3) is 0.400. The number of ether oxygens (including phenoxy) is 2. The van der Waals surface area contributed by atoms with E-state index >= 15 is 0 Å². The Morgan fingerprint density at radius 1 is 1.32 bits per heavy atom. The van der Waals surface area contributed by atoms with E-state index in [-0.39, 0.29) is 0 Å². The lowest BCUT2D eigenvalue weighted by molar-refractivity contribution is -0.113. The molecule has 1 rings (SSSR count). The normalized spacial score (nSPS) is 10.9. The van der Waals surface area contributed by atoms with Crippen LogP contribution in [-0.2, 0) is 4.79 Å². The van der Waals surface area contributed by atoms with Crippen molar-refractivity contribution in [1.29, 1.82) is 0 Å². The molecule has 1 aromatic carbocycles. The third kappa shape index (κ3) is 5.46. The van der Waals surface area contributed by atoms with Crippen LogP contribution in [0.3, 0.4) is 0 Å². The third-order valence-electron chi connectivity index (χ3n) is 2.28. The van der Waals surface area contributed by atoms with Crippen molar-refractivity contribution in [1.82, 2.24) is 0 Å². The molecule has 1 amide bonds. The van der Waals surface area contributed by atoms with Crippen LogP contribution in [0.15, 0.2) is 24.3 Å². The van der Waals surface area contributed by atoms with Gasteiger partial charge in [0.25, 0.3) is 0 Å². The van der Waals surface area contributed by atoms with Crippen LogP contribution < -0.4 is 15.2 Å². The summed E-state index contributed by atoms with van der Waals surface area (Å²) in [5.74, 6) is 1.36. The van der Waals surface area contributed by atoms with Crippen LogP contribution in [0.4, 0.5) is 0 Å². The zero-order chi connectivity index (χ0) is 14.3. The van der Waals surface area contributed by atoms with Crippen LogP contribution >= 0.6 is 0 Å². The average Bonchev–Trinajstić information content (AvgIpc) is 2.35. The Hall–Kier alpha value is -1.97. The molecule has 4 nitrogen and oxygen atoms in total. The zero-order valence-corrected chi connectivity index (χ0v) is 11.7. The third-order valence-corrected chi connectivity index (χ3v) is 2.28. The standard InChI is InChI=1S/C15H21NO3/c1-4-18-14-9-12(6-8-15(16)17)5-7-13(14)19-10-11(2)3/h5-9,11H,4,10H2,1-3H3,(H2,16,17)/b8-6-. The zero-order valence-electron chi connectivity index (χ0n) is 11.7. The van der Waals surface area contributed by atoms with Crippen molar-refractivity contribution in [3.8, 4) is 11.5 Å². The van der Waals surface area contributed by atoms with Gasteiger partial charge in [0.15, 0.2) is 11.5 Å². The van der Waals surface area contributed by atoms with Crippen molar-refractivity contribution in [2.45, 2.75) is 20.8 Å². The van der Waals surface area contributed by atoms with Crippen molar-refractivity contribution < 1.29 is 14.3 Å². The van der Waals surface area contributed by atoms with Crippen LogP contribution in [0.1, 0.15) is 26.3 Å². The first-order chi connectivity index (χ1) is 9.02. The van der Waals surface area contributed by atoms with E-state index in [4.69, 9.17) is 15.2 Å². The van der Waals surface area contributed by atoms with Crippen molar-refractivity contribution in [3.05, 3.63) is 29.8 Å². The first-order valence-electron chi connectivity index (χ1n) is 6.40. The summed E-state index contributed by atoms with van der Waals surface area (Å²) in [7, 11) is 0. The second-order valence-corrected chi connectivity index (χ2v) is 4.58. The predicted molar refractivity (Wildman–Crippen MR) is 76.2 cm³/mol. The largest absolute Gasteiger partial charge is 0.490 e. The molecular weight excluding hydrogens is 242 g/mol. The molecule has 0 saturated heterocycles. The van der Waals surface area contributed by atoms with E-state index in [0.717, 1.165) is 5.56 Å². The fourth-order valence-corrected chi connectivity index (χ4v) is 1.45. The van der Waals surface area contributed by atoms with E-state index in [1.807, 2.05) is 25.1 Å². The first kappa shape index (κ1) is 15.1. The molecule has 0 heterocycles. The average molecular weight is 263 g/mol. The highest BCUT2D eigenvalue weighted by Gasteiger charge is 2.06. The summed E-state index contributed by atoms with van der Waals surface area (Å²) < 4.78 is 11.2. The number of carbonyl (C=O) groups is 1. The maximum Gasteiger partial charge on any atom is 0.241 e. The SMILES string of the molecule is CCOc1cc(/C=C\C(N)=O)ccc1OCC(C)C. The molecule has 0 radical (unpaired) electrons. The van der Waals surface area contributed by atoms with Crippen molar-refractivity contribution >= 4 is 12.0 Å². The number of rotatable bonds is 7. The second-order valence-electron chi connectivity index (χ2n) is 4.58. The summed E-state index contributed by atoms with van der Waals surface area (Å²) in [5, 5.41) is 0. The van der Waals surface area contributed by atoms with Gasteiger partial charge in [-0.15, -0.1) is 0 Å². The maximum atomic E-state index is 10.7. The Morgan fingerprint density at radius 2 is 2.05 bits per heavy atom. The molecule has 0 unspecified atom stereocenters. The molecule has 0 aliphatic carbocycles. The predicted octanol–water partition coefficient (Wildman–Crippen LogP) is 2.62. The quantitative estimate of drug-likeness (QED) is 0.769. The van der Waals surface area contributed by atoms with E-state index in [0.29, 0.717) is 30.6 Å². The van der Waals surface area contributed by atoms with Crippen LogP contribution in [0.2, 0.25) is 0 Å². The van der Waals surface area contributed by atoms with Gasteiger partial charge in [-0.05, 0) is 36.6 Å². The number of hydrogen-bond donors (Lipinski definition) is 1. The topological polar surface area (TPSA) is 61.5 Å². The van der Waals surface area contributed by atoms with Gasteiger partial charge in [0.1, 0.15) is 0 Å². The summed E-state index contributed by atoms with van der Waals surface area (Å²) in [4.78, 5) is 10.7. The highest BCUT2D eigenvalue weighted by atomic mass is 16.5. The molecule has 0 aliphatic rings. The molecule has 0 atom stereocenters. The van der Waals surface area contributed by atoms with Crippen LogP contribution in [0.25, 0.3) is 6.08 Å². The van der Waals surface area contributed by atoms with Gasteiger partial charge >= 0.3 is 0 Å². The smallest absolute Gasteiger partial charge is 0.241 e. The Kier molecular flexibility index (Phi) is 5.93. The molecule has 0 bridgehead atoms. The molecule has 0 fully saturated rings. The summed E-state index contributed by atoms with van der Waals surface area (Å²) in [6.45, 7) is 7.28. The van der Waals surface area contributed by atoms with Crippen molar-refractivity contribution in [2.24, 2.45) is 11.7 Å². The molecule has 0 aliphatic heterocycles. The lowest BCUT2D eigenvalue weighted by Crippen LogP contribution is -2.06. The van der Waals surface area contributed by atoms with Gasteiger partial charge < -0.3 is 15.2 Å². The lowest BCUT2D eigenvalue weighted by Gasteiger charge is -2.13. The number of benzene rings is 1. The fourth-order valence-electron chi connectivity index (χ4n) is 1.45. The molecule has 0 spiro atoms. The molecule has 2 N–H and O–H groups in total. The van der Waals surface area contributed by atoms with Gasteiger partial charge in [0.05, 0.1) is 13.2 Å². The van der Waals surface area contributed by atoms with Gasteiger partial charge in [-0.3, -0.25) is 4.79 Å². The molecule has 104 valence electrons. The second kappa shape index (κ2) is 7.46. The molecule has 0 aromatic heterocycles. The Morgan fingerprint density at radius 3 is 2.63 bits per heavy atom. The van der Waals surface area contributed by atoms with Crippen LogP contribution in [0, 0.1) is 5.92 Å². The molecule has 1 aromatic rings. The number of amides is 1. The van der Waals surface area contributed by atoms with Gasteiger partial charge in [-0.1, -0.05) is 19.9 Å². The van der Waals surface area contributed by atoms with E-state index in [1.54, 1.807) is 6.08 Å². The highest BCUT2D eigenvalue weighted by molar-refractivity contribution is 5.90. The molecule has 0 saturated carbocycles. The minimum atomic E-state index is -0.474. The van der Waals surface area contributed by atoms with Crippen molar-refractivity contribution in [3.63, 3.8) is 0 Å². The summed E-state index contributed by atoms with van der Waals surface area (Å²) >= 11 is 0. The maximum absolute atomic E-state index is 10.7. The van der Waals surface area contributed by atoms with E-state index in [1.165, 1.54) is 6.08 Å². The molecule has 4 heteroatoms. The van der Waals surface area contributed by atoms with Gasteiger partial charge in [0, 0.05) is 6.08 Å². The Balaban J connectivity index is 2.90. The molecule has 19 heavy (non-hydrogen) atoms. The first-order valence-corrected chi connectivity index (χ1v) is 6.40. The number of hydrogen-bond acceptors (Lipinski definition) is 3. The van der Waals surface area contributed by atoms with Gasteiger partial charge in [0.2, 0.25) is 5.91 Å². The minimum absolute atomic E-state index is 0.448. The van der Waals surface area contributed by atoms with Crippen molar-refractivity contribution in [2.75, 3.05) is 13.2 Å². The summed E-state index contributed by atoms with van der Waals surface area (Å²) in [5.41, 5.74) is 5.91. The van der Waals surface area contributed by atoms with Gasteiger partial charge in [-0.25, -0.2) is 0 Å². The van der Waals surface area contributed by atoms with Crippen LogP contribution in [-0.4, -0.2) is 19.1 Å². The Labute approximate surface area is 114 Å². The van der Waals surface area contributed by atoms with E-state index in [2.05, 4.69) is 13.8 Å². The van der Waals surface area contributed by atoms with Gasteiger partial charge in [-0.2, -0.15) is 0 Å². The highest BCUT2D eigenvalue weighted by Crippen LogP contribution is 2.29. The number of nitrogens with two attached hydrogens (primary N) is 1. The monoisotopic (exact) mass is 263 g/mol. The van der Waals surface area contributed by atoms with Crippen LogP contribution in [0.5, 0.6) is 11.5 Å². The minimum Gasteiger partial charge on any atom is -0.490 e. The molecular formula is C15H21NO3. The van der Waals surface area contributed by atoms with E-state index < -0.39 is 5.91 Å². The summed E-state index contributed by atoms with van der Waals surface area (Å²) in [6.07, 6.45) is 2.97. The summed E-state index contributed by atoms with van der Waals surface area (Å²) in [6, 6.07) is 5.53. The number of primary amides is 1. The lowest BCUT2D eigenvalue weighted by atomic mass is 10.2.